The van der Waals surface area contributed by atoms with E-state index in [1.54, 1.807) is 7.11 Å². The fourth-order valence-corrected chi connectivity index (χ4v) is 3.29. The summed E-state index contributed by atoms with van der Waals surface area (Å²) in [7, 11) is 1.65. The Morgan fingerprint density at radius 3 is 2.79 bits per heavy atom. The second-order valence-electron chi connectivity index (χ2n) is 6.14. The Hall–Kier alpha value is -2.41. The molecule has 2 aromatic rings. The maximum absolute atomic E-state index is 12.5. The third kappa shape index (κ3) is 2.65. The highest BCUT2D eigenvalue weighted by Gasteiger charge is 2.31. The Bertz CT molecular complexity index is 735. The van der Waals surface area contributed by atoms with E-state index in [9.17, 15) is 4.79 Å². The third-order valence-electron chi connectivity index (χ3n) is 4.69. The fourth-order valence-electron chi connectivity index (χ4n) is 3.29. The first kappa shape index (κ1) is 15.1. The molecule has 2 aliphatic heterocycles. The second-order valence-corrected chi connectivity index (χ2v) is 6.14. The largest absolute Gasteiger partial charge is 0.497 e. The van der Waals surface area contributed by atoms with Crippen LogP contribution in [0.25, 0.3) is 11.4 Å². The summed E-state index contributed by atoms with van der Waals surface area (Å²) in [5.41, 5.74) is 0.999. The number of rotatable bonds is 3. The van der Waals surface area contributed by atoms with Crippen molar-refractivity contribution in [2.24, 2.45) is 5.92 Å². The van der Waals surface area contributed by atoms with Crippen LogP contribution in [-0.2, 0) is 22.6 Å². The van der Waals surface area contributed by atoms with Crippen LogP contribution in [0.2, 0.25) is 0 Å². The molecule has 24 heavy (non-hydrogen) atoms. The van der Waals surface area contributed by atoms with Gasteiger partial charge in [-0.1, -0.05) is 0 Å². The van der Waals surface area contributed by atoms with E-state index >= 15 is 0 Å². The molecule has 1 amide bonds. The van der Waals surface area contributed by atoms with E-state index in [0.717, 1.165) is 29.4 Å². The van der Waals surface area contributed by atoms with Gasteiger partial charge in [0, 0.05) is 25.3 Å². The van der Waals surface area contributed by atoms with Gasteiger partial charge >= 0.3 is 0 Å². The van der Waals surface area contributed by atoms with Crippen LogP contribution in [-0.4, -0.2) is 52.4 Å². The first-order valence-corrected chi connectivity index (χ1v) is 8.19. The van der Waals surface area contributed by atoms with Gasteiger partial charge in [-0.05, 0) is 30.7 Å². The Balaban J connectivity index is 1.53. The third-order valence-corrected chi connectivity index (χ3v) is 4.69. The predicted octanol–water partition coefficient (Wildman–Crippen LogP) is 1.33. The lowest BCUT2D eigenvalue weighted by molar-refractivity contribution is -0.137. The van der Waals surface area contributed by atoms with Crippen molar-refractivity contribution in [3.8, 4) is 17.1 Å². The zero-order chi connectivity index (χ0) is 16.5. The summed E-state index contributed by atoms with van der Waals surface area (Å²) in [6.07, 6.45) is 0.819. The Labute approximate surface area is 140 Å². The molecule has 3 heterocycles. The van der Waals surface area contributed by atoms with Gasteiger partial charge in [-0.25, -0.2) is 0 Å². The zero-order valence-electron chi connectivity index (χ0n) is 13.6. The van der Waals surface area contributed by atoms with E-state index in [-0.39, 0.29) is 11.8 Å². The molecule has 126 valence electrons. The standard InChI is InChI=1S/C17H20N4O3/c1-23-14-4-2-12(3-5-14)16-19-18-15-10-20(7-8-21(15)16)17(22)13-6-9-24-11-13/h2-5,13H,6-11H2,1H3/t13-/m0/s1. The van der Waals surface area contributed by atoms with Crippen LogP contribution in [0, 0.1) is 5.92 Å². The van der Waals surface area contributed by atoms with Gasteiger partial charge in [-0.15, -0.1) is 10.2 Å². The van der Waals surface area contributed by atoms with Gasteiger partial charge in [0.2, 0.25) is 5.91 Å². The topological polar surface area (TPSA) is 69.5 Å². The molecule has 1 aromatic heterocycles. The van der Waals surface area contributed by atoms with E-state index < -0.39 is 0 Å². The minimum Gasteiger partial charge on any atom is -0.497 e. The monoisotopic (exact) mass is 328 g/mol. The van der Waals surface area contributed by atoms with Crippen molar-refractivity contribution in [3.63, 3.8) is 0 Å². The van der Waals surface area contributed by atoms with Crippen LogP contribution >= 0.6 is 0 Å². The average Bonchev–Trinajstić information content (AvgIpc) is 3.30. The minimum atomic E-state index is 0.000491. The number of carbonyl (C=O) groups is 1. The van der Waals surface area contributed by atoms with E-state index in [2.05, 4.69) is 14.8 Å². The number of ether oxygens (including phenoxy) is 2. The molecule has 1 atom stereocenters. The summed E-state index contributed by atoms with van der Waals surface area (Å²) in [6, 6.07) is 7.78. The number of nitrogens with zero attached hydrogens (tertiary/aromatic N) is 4. The number of methoxy groups -OCH3 is 1. The number of carbonyl (C=O) groups excluding carboxylic acids is 1. The lowest BCUT2D eigenvalue weighted by atomic mass is 10.1. The summed E-state index contributed by atoms with van der Waals surface area (Å²) >= 11 is 0. The van der Waals surface area contributed by atoms with Crippen LogP contribution in [0.5, 0.6) is 5.75 Å². The highest BCUT2D eigenvalue weighted by molar-refractivity contribution is 5.79. The molecule has 4 rings (SSSR count). The van der Waals surface area contributed by atoms with E-state index in [0.29, 0.717) is 32.8 Å². The molecule has 0 spiro atoms. The molecular formula is C17H20N4O3. The summed E-state index contributed by atoms with van der Waals surface area (Å²) in [5.74, 6) is 2.66. The van der Waals surface area contributed by atoms with Crippen molar-refractivity contribution in [1.29, 1.82) is 0 Å². The molecule has 0 radical (unpaired) electrons. The number of amides is 1. The SMILES string of the molecule is COc1ccc(-c2nnc3n2CCN(C(=O)[C@H]2CCOC2)C3)cc1. The van der Waals surface area contributed by atoms with Gasteiger partial charge in [0.15, 0.2) is 11.6 Å². The molecule has 7 heteroatoms. The zero-order valence-corrected chi connectivity index (χ0v) is 13.6. The number of fused-ring (bicyclic) bond motifs is 1. The first-order valence-electron chi connectivity index (χ1n) is 8.19. The molecule has 0 bridgehead atoms. The summed E-state index contributed by atoms with van der Waals surface area (Å²) in [5, 5.41) is 8.62. The fraction of sp³-hybridized carbons (Fsp3) is 0.471. The van der Waals surface area contributed by atoms with E-state index in [1.807, 2.05) is 29.2 Å². The average molecular weight is 328 g/mol. The number of benzene rings is 1. The van der Waals surface area contributed by atoms with Gasteiger partial charge in [-0.3, -0.25) is 4.79 Å². The summed E-state index contributed by atoms with van der Waals surface area (Å²) < 4.78 is 12.6. The Kier molecular flexibility index (Phi) is 3.93. The van der Waals surface area contributed by atoms with Crippen molar-refractivity contribution in [2.45, 2.75) is 19.5 Å². The second kappa shape index (κ2) is 6.24. The molecule has 7 nitrogen and oxygen atoms in total. The van der Waals surface area contributed by atoms with Crippen LogP contribution in [0.3, 0.4) is 0 Å². The highest BCUT2D eigenvalue weighted by atomic mass is 16.5. The molecule has 0 unspecified atom stereocenters. The van der Waals surface area contributed by atoms with Gasteiger partial charge in [0.05, 0.1) is 26.2 Å². The smallest absolute Gasteiger partial charge is 0.228 e. The Morgan fingerprint density at radius 1 is 1.25 bits per heavy atom. The maximum atomic E-state index is 12.5. The molecule has 0 aliphatic carbocycles. The van der Waals surface area contributed by atoms with Gasteiger partial charge in [0.1, 0.15) is 5.75 Å². The molecule has 1 saturated heterocycles. The molecule has 0 N–H and O–H groups in total. The molecule has 0 saturated carbocycles. The van der Waals surface area contributed by atoms with E-state index in [1.165, 1.54) is 0 Å². The number of hydrogen-bond donors (Lipinski definition) is 0. The van der Waals surface area contributed by atoms with Crippen molar-refractivity contribution in [3.05, 3.63) is 30.1 Å². The lowest BCUT2D eigenvalue weighted by Gasteiger charge is -2.29. The number of hydrogen-bond acceptors (Lipinski definition) is 5. The highest BCUT2D eigenvalue weighted by Crippen LogP contribution is 2.25. The van der Waals surface area contributed by atoms with Crippen molar-refractivity contribution in [1.82, 2.24) is 19.7 Å². The molecule has 2 aliphatic rings. The van der Waals surface area contributed by atoms with Gasteiger partial charge in [-0.2, -0.15) is 0 Å². The van der Waals surface area contributed by atoms with Crippen molar-refractivity contribution in [2.75, 3.05) is 26.9 Å². The minimum absolute atomic E-state index is 0.000491. The maximum Gasteiger partial charge on any atom is 0.228 e. The van der Waals surface area contributed by atoms with Crippen molar-refractivity contribution >= 4 is 5.91 Å². The van der Waals surface area contributed by atoms with Crippen LogP contribution in [0.15, 0.2) is 24.3 Å². The van der Waals surface area contributed by atoms with Crippen LogP contribution in [0.1, 0.15) is 12.2 Å². The predicted molar refractivity (Wildman–Crippen MR) is 86.4 cm³/mol. The summed E-state index contributed by atoms with van der Waals surface area (Å²) in [6.45, 7) is 3.13. The van der Waals surface area contributed by atoms with Crippen LogP contribution in [0.4, 0.5) is 0 Å². The summed E-state index contributed by atoms with van der Waals surface area (Å²) in [4.78, 5) is 14.4. The molecule has 1 fully saturated rings. The Morgan fingerprint density at radius 2 is 2.08 bits per heavy atom. The van der Waals surface area contributed by atoms with E-state index in [4.69, 9.17) is 9.47 Å². The van der Waals surface area contributed by atoms with Crippen LogP contribution < -0.4 is 4.74 Å². The lowest BCUT2D eigenvalue weighted by Crippen LogP contribution is -2.42. The molecular weight excluding hydrogens is 308 g/mol. The van der Waals surface area contributed by atoms with Crippen molar-refractivity contribution < 1.29 is 14.3 Å². The quantitative estimate of drug-likeness (QED) is 0.850. The van der Waals surface area contributed by atoms with Gasteiger partial charge < -0.3 is 18.9 Å². The molecule has 1 aromatic carbocycles. The first-order chi connectivity index (χ1) is 11.8. The normalized spacial score (nSPS) is 20.0. The van der Waals surface area contributed by atoms with Gasteiger partial charge in [0.25, 0.3) is 0 Å². The number of aromatic nitrogens is 3.